The molecule has 0 aliphatic carbocycles. The first-order valence-electron chi connectivity index (χ1n) is 15.3. The van der Waals surface area contributed by atoms with Crippen LogP contribution in [0.5, 0.6) is 0 Å². The molecule has 0 unspecified atom stereocenters. The number of hydrogen-bond acceptors (Lipinski definition) is 7. The van der Waals surface area contributed by atoms with Gasteiger partial charge in [-0.05, 0) is 85.9 Å². The minimum atomic E-state index is -0.711. The molecule has 43 heavy (non-hydrogen) atoms. The molecule has 2 N–H and O–H groups in total. The summed E-state index contributed by atoms with van der Waals surface area (Å²) in [6, 6.07) is 11.0. The number of pyridine rings is 1. The number of rotatable bonds is 9. The first kappa shape index (κ1) is 32.5. The molecule has 0 saturated carbocycles. The topological polar surface area (TPSA) is 95.4 Å². The maximum absolute atomic E-state index is 11.4. The smallest absolute Gasteiger partial charge is 0.306 e. The van der Waals surface area contributed by atoms with Crippen LogP contribution in [0.15, 0.2) is 60.9 Å². The summed E-state index contributed by atoms with van der Waals surface area (Å²) < 4.78 is 12.1. The first-order valence-corrected chi connectivity index (χ1v) is 15.3. The summed E-state index contributed by atoms with van der Waals surface area (Å²) in [6.45, 7) is 18.2. The van der Waals surface area contributed by atoms with Crippen LogP contribution in [-0.2, 0) is 33.7 Å². The fourth-order valence-corrected chi connectivity index (χ4v) is 6.41. The maximum Gasteiger partial charge on any atom is 0.306 e. The molecule has 1 atom stereocenters. The molecule has 0 radical (unpaired) electrons. The van der Waals surface area contributed by atoms with E-state index in [1.165, 1.54) is 22.3 Å². The predicted octanol–water partition coefficient (Wildman–Crippen LogP) is 5.18. The number of benzene rings is 1. The molecule has 0 amide bonds. The highest BCUT2D eigenvalue weighted by Gasteiger charge is 2.27. The molecular weight excluding hydrogens is 542 g/mol. The van der Waals surface area contributed by atoms with Gasteiger partial charge in [-0.2, -0.15) is 0 Å². The number of carboxylic acids is 1. The number of carbonyl (C=O) groups is 1. The van der Waals surface area contributed by atoms with Crippen LogP contribution in [0.3, 0.4) is 0 Å². The van der Waals surface area contributed by atoms with Gasteiger partial charge in [-0.15, -0.1) is 0 Å². The van der Waals surface area contributed by atoms with Gasteiger partial charge in [0, 0.05) is 51.5 Å². The van der Waals surface area contributed by atoms with Crippen molar-refractivity contribution >= 4 is 17.4 Å². The largest absolute Gasteiger partial charge is 0.488 e. The Labute approximate surface area is 256 Å². The molecule has 4 heterocycles. The summed E-state index contributed by atoms with van der Waals surface area (Å²) in [7, 11) is 1.00. The van der Waals surface area contributed by atoms with Crippen molar-refractivity contribution in [2.75, 3.05) is 51.4 Å². The fourth-order valence-electron chi connectivity index (χ4n) is 6.41. The fraction of sp³-hybridized carbons (Fsp3) is 0.486. The third kappa shape index (κ3) is 7.74. The van der Waals surface area contributed by atoms with Gasteiger partial charge in [0.15, 0.2) is 0 Å². The molecule has 8 nitrogen and oxygen atoms in total. The van der Waals surface area contributed by atoms with Gasteiger partial charge in [-0.25, -0.2) is 4.98 Å². The number of carboxylic acid groups (broad SMARTS) is 1. The summed E-state index contributed by atoms with van der Waals surface area (Å²) in [6.07, 6.45) is 6.29. The molecule has 1 aromatic heterocycles. The second-order valence-electron chi connectivity index (χ2n) is 11.5. The van der Waals surface area contributed by atoms with Crippen LogP contribution in [0.1, 0.15) is 54.1 Å². The molecule has 2 fully saturated rings. The summed E-state index contributed by atoms with van der Waals surface area (Å²) in [5, 5.41) is 16.3. The lowest BCUT2D eigenvalue weighted by atomic mass is 9.94. The van der Waals surface area contributed by atoms with E-state index in [1.807, 2.05) is 25.1 Å². The predicted molar refractivity (Wildman–Crippen MR) is 171 cm³/mol. The van der Waals surface area contributed by atoms with Crippen LogP contribution in [0.25, 0.3) is 5.57 Å². The zero-order valence-electron chi connectivity index (χ0n) is 26.0. The van der Waals surface area contributed by atoms with Crippen LogP contribution in [0.2, 0.25) is 0 Å². The van der Waals surface area contributed by atoms with Crippen molar-refractivity contribution in [1.82, 2.24) is 9.88 Å². The van der Waals surface area contributed by atoms with E-state index < -0.39 is 5.97 Å². The Morgan fingerprint density at radius 3 is 2.51 bits per heavy atom. The number of anilines is 1. The van der Waals surface area contributed by atoms with Crippen LogP contribution in [0, 0.1) is 12.8 Å². The van der Waals surface area contributed by atoms with E-state index in [4.69, 9.17) is 19.6 Å². The average molecular weight is 590 g/mol. The second-order valence-corrected chi connectivity index (χ2v) is 11.5. The van der Waals surface area contributed by atoms with Gasteiger partial charge in [0.25, 0.3) is 0 Å². The first-order chi connectivity index (χ1) is 20.9. The number of allylic oxidation sites excluding steroid dienone is 3. The number of aromatic nitrogens is 1. The Morgan fingerprint density at radius 1 is 1.12 bits per heavy atom. The van der Waals surface area contributed by atoms with Crippen LogP contribution in [0.4, 0.5) is 5.82 Å². The second kappa shape index (κ2) is 15.3. The van der Waals surface area contributed by atoms with Crippen molar-refractivity contribution in [2.24, 2.45) is 5.92 Å². The van der Waals surface area contributed by atoms with E-state index in [9.17, 15) is 9.90 Å². The summed E-state index contributed by atoms with van der Waals surface area (Å²) >= 11 is 0. The zero-order chi connectivity index (χ0) is 30.9. The lowest BCUT2D eigenvalue weighted by Gasteiger charge is -2.31. The number of aliphatic hydroxyl groups is 1. The monoisotopic (exact) mass is 589 g/mol. The number of ether oxygens (including phenoxy) is 2. The molecule has 0 bridgehead atoms. The molecule has 2 saturated heterocycles. The highest BCUT2D eigenvalue weighted by molar-refractivity contribution is 5.76. The Bertz CT molecular complexity index is 1320. The SMILES string of the molecule is C=C/C(=C(/OCc1ccc2c(c1C)CCN([C@H]1CCOC1)CC2)C(=C)C)c1cccc(N2CCC(C(=O)O)CC2)n1.CO. The maximum atomic E-state index is 11.4. The Kier molecular flexibility index (Phi) is 11.6. The van der Waals surface area contributed by atoms with E-state index in [0.29, 0.717) is 44.3 Å². The third-order valence-corrected chi connectivity index (χ3v) is 8.93. The highest BCUT2D eigenvalue weighted by Crippen LogP contribution is 2.30. The van der Waals surface area contributed by atoms with Crippen molar-refractivity contribution in [2.45, 2.75) is 58.6 Å². The van der Waals surface area contributed by atoms with E-state index >= 15 is 0 Å². The molecule has 5 rings (SSSR count). The molecule has 2 aromatic rings. The lowest BCUT2D eigenvalue weighted by Crippen LogP contribution is -2.37. The molecular formula is C35H47N3O5. The van der Waals surface area contributed by atoms with Crippen LogP contribution >= 0.6 is 0 Å². The number of piperidine rings is 1. The van der Waals surface area contributed by atoms with Gasteiger partial charge < -0.3 is 24.6 Å². The Morgan fingerprint density at radius 2 is 1.86 bits per heavy atom. The average Bonchev–Trinajstić information content (AvgIpc) is 3.48. The quantitative estimate of drug-likeness (QED) is 0.305. The minimum Gasteiger partial charge on any atom is -0.488 e. The van der Waals surface area contributed by atoms with Crippen molar-refractivity contribution < 1.29 is 24.5 Å². The highest BCUT2D eigenvalue weighted by atomic mass is 16.5. The molecule has 3 aliphatic rings. The third-order valence-electron chi connectivity index (χ3n) is 8.93. The van der Waals surface area contributed by atoms with Crippen molar-refractivity contribution in [1.29, 1.82) is 0 Å². The van der Waals surface area contributed by atoms with Crippen molar-refractivity contribution in [3.05, 3.63) is 88.8 Å². The van der Waals surface area contributed by atoms with Gasteiger partial charge in [-0.1, -0.05) is 37.4 Å². The van der Waals surface area contributed by atoms with Gasteiger partial charge in [0.1, 0.15) is 18.2 Å². The van der Waals surface area contributed by atoms with E-state index in [0.717, 1.165) is 75.3 Å². The van der Waals surface area contributed by atoms with Gasteiger partial charge in [0.05, 0.1) is 18.2 Å². The lowest BCUT2D eigenvalue weighted by molar-refractivity contribution is -0.142. The number of aliphatic hydroxyl groups excluding tert-OH is 1. The van der Waals surface area contributed by atoms with Crippen molar-refractivity contribution in [3.63, 3.8) is 0 Å². The van der Waals surface area contributed by atoms with E-state index in [2.05, 4.69) is 42.0 Å². The molecule has 3 aliphatic heterocycles. The molecule has 0 spiro atoms. The minimum absolute atomic E-state index is 0.279. The Hall–Kier alpha value is -3.46. The summed E-state index contributed by atoms with van der Waals surface area (Å²) in [5.41, 5.74) is 7.80. The van der Waals surface area contributed by atoms with Gasteiger partial charge in [-0.3, -0.25) is 9.69 Å². The Balaban J connectivity index is 0.00000207. The number of fused-ring (bicyclic) bond motifs is 1. The summed E-state index contributed by atoms with van der Waals surface area (Å²) in [4.78, 5) is 21.1. The zero-order valence-corrected chi connectivity index (χ0v) is 26.0. The number of aliphatic carboxylic acids is 1. The molecule has 1 aromatic carbocycles. The molecule has 232 valence electrons. The van der Waals surface area contributed by atoms with E-state index in [-0.39, 0.29) is 5.92 Å². The van der Waals surface area contributed by atoms with E-state index in [1.54, 1.807) is 6.08 Å². The summed E-state index contributed by atoms with van der Waals surface area (Å²) in [5.74, 6) is 0.540. The normalized spacial score (nSPS) is 19.8. The van der Waals surface area contributed by atoms with Gasteiger partial charge >= 0.3 is 5.97 Å². The van der Waals surface area contributed by atoms with Crippen molar-refractivity contribution in [3.8, 4) is 0 Å². The number of hydrogen-bond donors (Lipinski definition) is 2. The van der Waals surface area contributed by atoms with Crippen LogP contribution < -0.4 is 4.90 Å². The van der Waals surface area contributed by atoms with Gasteiger partial charge in [0.2, 0.25) is 0 Å². The number of nitrogens with zero attached hydrogens (tertiary/aromatic N) is 3. The van der Waals surface area contributed by atoms with Crippen LogP contribution in [-0.4, -0.2) is 78.6 Å². The molecule has 8 heteroatoms. The standard InChI is InChI=1S/C34H43N3O4.CH4O/c1-5-29(31-7-6-8-32(35-31)37-17-12-26(13-18-37)34(38)39)33(23(2)3)41-21-27-10-9-25-11-16-36(28-15-20-40-22-28)19-14-30(25)24(27)4;1-2/h5-10,26,28H,1-2,11-22H2,3-4H3,(H,38,39);2H,1H3/b33-29-;/t28-;/m0./s1.